The fourth-order valence-electron chi connectivity index (χ4n) is 2.94. The topological polar surface area (TPSA) is 99.2 Å². The molecule has 6 heteroatoms. The number of carbonyl (C=O) groups is 1. The van der Waals surface area contributed by atoms with E-state index in [1.807, 2.05) is 0 Å². The normalized spacial score (nSPS) is 16.9. The Morgan fingerprint density at radius 2 is 2.17 bits per heavy atom. The zero-order chi connectivity index (χ0) is 17.7. The van der Waals surface area contributed by atoms with Crippen molar-refractivity contribution < 1.29 is 14.3 Å². The highest BCUT2D eigenvalue weighted by Crippen LogP contribution is 2.29. The second kappa shape index (κ2) is 8.06. The van der Waals surface area contributed by atoms with E-state index in [1.54, 1.807) is 6.92 Å². The van der Waals surface area contributed by atoms with Crippen LogP contribution in [0.3, 0.4) is 0 Å². The van der Waals surface area contributed by atoms with Gasteiger partial charge in [-0.1, -0.05) is 18.9 Å². The van der Waals surface area contributed by atoms with Crippen molar-refractivity contribution in [1.29, 1.82) is 5.41 Å². The third-order valence-electron chi connectivity index (χ3n) is 4.22. The summed E-state index contributed by atoms with van der Waals surface area (Å²) in [5, 5.41) is 20.0. The number of carbonyl (C=O) groups excluding carboxylic acids is 1. The fraction of sp³-hybridized carbons (Fsp3) is 0.444. The Hall–Kier alpha value is -2.21. The zero-order valence-electron chi connectivity index (χ0n) is 13.8. The number of nitrogens with two attached hydrogens (primary N) is 1. The van der Waals surface area contributed by atoms with Gasteiger partial charge >= 0.3 is 0 Å². The van der Waals surface area contributed by atoms with Crippen LogP contribution in [0.4, 0.5) is 4.39 Å². The van der Waals surface area contributed by atoms with Crippen LogP contribution in [0.1, 0.15) is 48.5 Å². The van der Waals surface area contributed by atoms with Gasteiger partial charge in [0.1, 0.15) is 5.82 Å². The smallest absolute Gasteiger partial charge is 0.252 e. The number of benzene rings is 1. The van der Waals surface area contributed by atoms with Crippen LogP contribution in [0.2, 0.25) is 0 Å². The third-order valence-corrected chi connectivity index (χ3v) is 4.22. The summed E-state index contributed by atoms with van der Waals surface area (Å²) in [5.74, 6) is -0.937. The number of nitrogens with one attached hydrogen (secondary N) is 2. The van der Waals surface area contributed by atoms with Crippen LogP contribution in [0.25, 0.3) is 0 Å². The molecule has 1 aromatic carbocycles. The molecule has 1 aromatic rings. The first-order chi connectivity index (χ1) is 11.4. The molecule has 5 nitrogen and oxygen atoms in total. The molecule has 0 radical (unpaired) electrons. The Balaban J connectivity index is 2.26. The molecule has 0 bridgehead atoms. The lowest BCUT2D eigenvalue weighted by molar-refractivity contribution is 0.0923. The quantitative estimate of drug-likeness (QED) is 0.601. The van der Waals surface area contributed by atoms with Crippen molar-refractivity contribution in [2.45, 2.75) is 38.7 Å². The molecule has 0 spiro atoms. The highest BCUT2D eigenvalue weighted by Gasteiger charge is 2.21. The summed E-state index contributed by atoms with van der Waals surface area (Å²) in [5.41, 5.74) is 6.51. The number of aliphatic hydroxyl groups excluding tert-OH is 1. The maximum atomic E-state index is 14.2. The van der Waals surface area contributed by atoms with Crippen LogP contribution in [0.15, 0.2) is 30.0 Å². The molecule has 0 saturated heterocycles. The second-order valence-electron chi connectivity index (χ2n) is 6.26. The molecule has 1 saturated carbocycles. The van der Waals surface area contributed by atoms with Crippen molar-refractivity contribution in [2.75, 3.05) is 6.54 Å². The summed E-state index contributed by atoms with van der Waals surface area (Å²) in [6.45, 7) is 1.60. The van der Waals surface area contributed by atoms with Gasteiger partial charge in [0.25, 0.3) is 5.91 Å². The lowest BCUT2D eigenvalue weighted by Gasteiger charge is -2.13. The molecule has 0 heterocycles. The number of allylic oxidation sites excluding steroid dienone is 2. The van der Waals surface area contributed by atoms with Gasteiger partial charge in [-0.2, -0.15) is 0 Å². The van der Waals surface area contributed by atoms with Crippen LogP contribution in [0.5, 0.6) is 0 Å². The van der Waals surface area contributed by atoms with Crippen molar-refractivity contribution in [1.82, 2.24) is 5.32 Å². The van der Waals surface area contributed by atoms with Gasteiger partial charge in [-0.15, -0.1) is 0 Å². The van der Waals surface area contributed by atoms with E-state index in [0.29, 0.717) is 5.70 Å². The standard InChI is InChI=1S/C18H24FN3O2/c1-11(23)10-22-18(24)13-7-4-8-14(19)17(13)16(21)9-15(20)12-5-2-3-6-12/h4,7-9,11-12,21,23H,2-3,5-6,10,20H2,1H3,(H,22,24)/b15-9-,21-16?. The van der Waals surface area contributed by atoms with E-state index in [9.17, 15) is 14.3 Å². The van der Waals surface area contributed by atoms with Crippen LogP contribution in [0, 0.1) is 17.1 Å². The molecule has 130 valence electrons. The number of rotatable bonds is 6. The van der Waals surface area contributed by atoms with Crippen LogP contribution in [-0.4, -0.2) is 29.4 Å². The molecule has 1 aliphatic carbocycles. The van der Waals surface area contributed by atoms with Crippen LogP contribution in [-0.2, 0) is 0 Å². The van der Waals surface area contributed by atoms with Crippen molar-refractivity contribution >= 4 is 11.6 Å². The third kappa shape index (κ3) is 4.41. The van der Waals surface area contributed by atoms with Gasteiger partial charge in [0.05, 0.1) is 17.4 Å². The second-order valence-corrected chi connectivity index (χ2v) is 6.26. The number of aliphatic hydroxyl groups is 1. The lowest BCUT2D eigenvalue weighted by atomic mass is 9.97. The number of halogens is 1. The minimum atomic E-state index is -0.705. The fourth-order valence-corrected chi connectivity index (χ4v) is 2.94. The average Bonchev–Trinajstić information content (AvgIpc) is 3.06. The Morgan fingerprint density at radius 3 is 2.79 bits per heavy atom. The maximum absolute atomic E-state index is 14.2. The van der Waals surface area contributed by atoms with E-state index in [1.165, 1.54) is 24.3 Å². The highest BCUT2D eigenvalue weighted by atomic mass is 19.1. The van der Waals surface area contributed by atoms with Gasteiger partial charge in [0.2, 0.25) is 0 Å². The summed E-state index contributed by atoms with van der Waals surface area (Å²) in [4.78, 5) is 12.2. The average molecular weight is 333 g/mol. The molecule has 0 aliphatic heterocycles. The molecular weight excluding hydrogens is 309 g/mol. The van der Waals surface area contributed by atoms with E-state index in [2.05, 4.69) is 5.32 Å². The summed E-state index contributed by atoms with van der Waals surface area (Å²) >= 11 is 0. The van der Waals surface area contributed by atoms with E-state index in [-0.39, 0.29) is 29.3 Å². The molecule has 1 aliphatic rings. The first kappa shape index (κ1) is 18.1. The molecule has 5 N–H and O–H groups in total. The SMILES string of the molecule is CC(O)CNC(=O)c1cccc(F)c1C(=N)/C=C(\N)C1CCCC1. The highest BCUT2D eigenvalue weighted by molar-refractivity contribution is 6.14. The zero-order valence-corrected chi connectivity index (χ0v) is 13.8. The Labute approximate surface area is 141 Å². The minimum Gasteiger partial charge on any atom is -0.402 e. The van der Waals surface area contributed by atoms with Crippen molar-refractivity contribution in [2.24, 2.45) is 11.7 Å². The number of hydrogen-bond donors (Lipinski definition) is 4. The van der Waals surface area contributed by atoms with E-state index in [0.717, 1.165) is 25.7 Å². The van der Waals surface area contributed by atoms with Gasteiger partial charge < -0.3 is 21.6 Å². The van der Waals surface area contributed by atoms with E-state index >= 15 is 0 Å². The summed E-state index contributed by atoms with van der Waals surface area (Å²) in [7, 11) is 0. The van der Waals surface area contributed by atoms with E-state index < -0.39 is 17.8 Å². The first-order valence-electron chi connectivity index (χ1n) is 8.21. The lowest BCUT2D eigenvalue weighted by Crippen LogP contribution is -2.31. The Kier molecular flexibility index (Phi) is 6.09. The van der Waals surface area contributed by atoms with Crippen LogP contribution >= 0.6 is 0 Å². The molecule has 1 atom stereocenters. The Morgan fingerprint density at radius 1 is 1.50 bits per heavy atom. The minimum absolute atomic E-state index is 0.0577. The van der Waals surface area contributed by atoms with Gasteiger partial charge in [-0.05, 0) is 43.9 Å². The Bertz CT molecular complexity index is 650. The van der Waals surface area contributed by atoms with Crippen molar-refractivity contribution in [3.8, 4) is 0 Å². The molecular formula is C18H24FN3O2. The number of amides is 1. The largest absolute Gasteiger partial charge is 0.402 e. The van der Waals surface area contributed by atoms with Gasteiger partial charge in [-0.25, -0.2) is 4.39 Å². The molecule has 1 unspecified atom stereocenters. The molecule has 2 rings (SSSR count). The van der Waals surface area contributed by atoms with E-state index in [4.69, 9.17) is 11.1 Å². The summed E-state index contributed by atoms with van der Waals surface area (Å²) in [6, 6.07) is 4.10. The number of hydrogen-bond acceptors (Lipinski definition) is 4. The van der Waals surface area contributed by atoms with Crippen molar-refractivity contribution in [3.63, 3.8) is 0 Å². The first-order valence-corrected chi connectivity index (χ1v) is 8.21. The van der Waals surface area contributed by atoms with Gasteiger partial charge in [-0.3, -0.25) is 4.79 Å². The monoisotopic (exact) mass is 333 g/mol. The van der Waals surface area contributed by atoms with Gasteiger partial charge in [0.15, 0.2) is 0 Å². The molecule has 24 heavy (non-hydrogen) atoms. The summed E-state index contributed by atoms with van der Waals surface area (Å²) < 4.78 is 14.2. The maximum Gasteiger partial charge on any atom is 0.252 e. The molecule has 1 fully saturated rings. The van der Waals surface area contributed by atoms with Crippen molar-refractivity contribution in [3.05, 3.63) is 46.9 Å². The van der Waals surface area contributed by atoms with Gasteiger partial charge in [0, 0.05) is 17.8 Å². The molecule has 0 aromatic heterocycles. The molecule has 1 amide bonds. The van der Waals surface area contributed by atoms with Crippen LogP contribution < -0.4 is 11.1 Å². The predicted molar refractivity (Wildman–Crippen MR) is 91.5 cm³/mol. The predicted octanol–water partition coefficient (Wildman–Crippen LogP) is 2.34. The summed E-state index contributed by atoms with van der Waals surface area (Å²) in [6.07, 6.45) is 4.94.